The molecule has 7 nitrogen and oxygen atoms in total. The average Bonchev–Trinajstić information content (AvgIpc) is 2.83. The van der Waals surface area contributed by atoms with Crippen molar-refractivity contribution in [1.82, 2.24) is 9.62 Å². The molecule has 1 N–H and O–H groups in total. The summed E-state index contributed by atoms with van der Waals surface area (Å²) in [7, 11) is -0.856. The van der Waals surface area contributed by atoms with Gasteiger partial charge in [-0.15, -0.1) is 0 Å². The molecule has 0 saturated carbocycles. The van der Waals surface area contributed by atoms with E-state index in [1.807, 2.05) is 31.2 Å². The first-order chi connectivity index (χ1) is 16.2. The molecule has 0 spiro atoms. The highest BCUT2D eigenvalue weighted by atomic mass is 79.9. The van der Waals surface area contributed by atoms with Crippen LogP contribution in [0.1, 0.15) is 16.7 Å². The van der Waals surface area contributed by atoms with Crippen molar-refractivity contribution in [2.75, 3.05) is 20.8 Å². The van der Waals surface area contributed by atoms with Gasteiger partial charge in [-0.05, 0) is 48.9 Å². The molecule has 3 rings (SSSR count). The second kappa shape index (κ2) is 11.5. The first kappa shape index (κ1) is 25.7. The molecule has 0 bridgehead atoms. The van der Waals surface area contributed by atoms with Gasteiger partial charge in [-0.3, -0.25) is 4.79 Å². The van der Waals surface area contributed by atoms with Gasteiger partial charge in [0.05, 0.1) is 37.8 Å². The minimum Gasteiger partial charge on any atom is -0.496 e. The fourth-order valence-electron chi connectivity index (χ4n) is 3.38. The maximum atomic E-state index is 13.4. The summed E-state index contributed by atoms with van der Waals surface area (Å²) >= 11 is 3.32. The second-order valence-corrected chi connectivity index (χ2v) is 10.5. The fourth-order valence-corrected chi connectivity index (χ4v) is 5.03. The van der Waals surface area contributed by atoms with Crippen LogP contribution < -0.4 is 14.8 Å². The first-order valence-corrected chi connectivity index (χ1v) is 12.8. The quantitative estimate of drug-likeness (QED) is 0.410. The van der Waals surface area contributed by atoms with Crippen molar-refractivity contribution in [2.24, 2.45) is 0 Å². The van der Waals surface area contributed by atoms with Gasteiger partial charge in [0, 0.05) is 11.0 Å². The number of carbonyl (C=O) groups excluding carboxylic acids is 1. The summed E-state index contributed by atoms with van der Waals surface area (Å²) in [5.41, 5.74) is 2.52. The van der Waals surface area contributed by atoms with Gasteiger partial charge in [0.25, 0.3) is 0 Å². The van der Waals surface area contributed by atoms with E-state index in [2.05, 4.69) is 21.2 Å². The van der Waals surface area contributed by atoms with Gasteiger partial charge in [-0.1, -0.05) is 51.8 Å². The molecule has 3 aromatic carbocycles. The van der Waals surface area contributed by atoms with Crippen molar-refractivity contribution < 1.29 is 22.7 Å². The van der Waals surface area contributed by atoms with Gasteiger partial charge < -0.3 is 14.8 Å². The second-order valence-electron chi connectivity index (χ2n) is 7.63. The topological polar surface area (TPSA) is 84.9 Å². The number of benzene rings is 3. The molecule has 0 saturated heterocycles. The molecule has 3 aromatic rings. The van der Waals surface area contributed by atoms with Crippen LogP contribution in [0.15, 0.2) is 76.1 Å². The molecule has 34 heavy (non-hydrogen) atoms. The zero-order valence-electron chi connectivity index (χ0n) is 19.2. The van der Waals surface area contributed by atoms with E-state index in [4.69, 9.17) is 9.47 Å². The Bertz CT molecular complexity index is 1210. The zero-order valence-corrected chi connectivity index (χ0v) is 21.6. The van der Waals surface area contributed by atoms with Crippen molar-refractivity contribution in [2.45, 2.75) is 24.9 Å². The minimum absolute atomic E-state index is 0.0596. The van der Waals surface area contributed by atoms with E-state index in [-0.39, 0.29) is 24.5 Å². The predicted octanol–water partition coefficient (Wildman–Crippen LogP) is 4.28. The first-order valence-electron chi connectivity index (χ1n) is 10.5. The number of sulfonamides is 1. The Labute approximate surface area is 208 Å². The summed E-state index contributed by atoms with van der Waals surface area (Å²) in [5, 5.41) is 2.79. The third kappa shape index (κ3) is 6.37. The molecule has 9 heteroatoms. The summed E-state index contributed by atoms with van der Waals surface area (Å²) in [6, 6.07) is 19.2. The number of aryl methyl sites for hydroxylation is 1. The number of rotatable bonds is 10. The maximum Gasteiger partial charge on any atom is 0.243 e. The van der Waals surface area contributed by atoms with Crippen LogP contribution in [0.4, 0.5) is 0 Å². The lowest BCUT2D eigenvalue weighted by molar-refractivity contribution is -0.121. The number of hydrogen-bond acceptors (Lipinski definition) is 5. The summed E-state index contributed by atoms with van der Waals surface area (Å²) in [6.07, 6.45) is 0. The molecule has 0 aliphatic carbocycles. The molecule has 1 amide bonds. The molecule has 0 unspecified atom stereocenters. The third-order valence-corrected chi connectivity index (χ3v) is 7.58. The summed E-state index contributed by atoms with van der Waals surface area (Å²) < 4.78 is 39.5. The molecule has 0 fully saturated rings. The van der Waals surface area contributed by atoms with Crippen molar-refractivity contribution in [1.29, 1.82) is 0 Å². The molecule has 0 aliphatic heterocycles. The highest BCUT2D eigenvalue weighted by Gasteiger charge is 2.27. The summed E-state index contributed by atoms with van der Waals surface area (Å²) in [4.78, 5) is 13.0. The van der Waals surface area contributed by atoms with E-state index in [0.29, 0.717) is 17.1 Å². The number of hydrogen-bond donors (Lipinski definition) is 1. The Morgan fingerprint density at radius 2 is 1.53 bits per heavy atom. The number of amides is 1. The molecule has 0 aromatic heterocycles. The SMILES string of the molecule is COc1cccc(OC)c1CNC(=O)CN(Cc1ccc(C)cc1)S(=O)(=O)c1ccc(Br)cc1. The van der Waals surface area contributed by atoms with Crippen LogP contribution in [0.3, 0.4) is 0 Å². The summed E-state index contributed by atoms with van der Waals surface area (Å²) in [5.74, 6) is 0.693. The van der Waals surface area contributed by atoms with Gasteiger partial charge in [0.2, 0.25) is 15.9 Å². The van der Waals surface area contributed by atoms with Gasteiger partial charge in [-0.25, -0.2) is 8.42 Å². The van der Waals surface area contributed by atoms with Crippen LogP contribution in [0.5, 0.6) is 11.5 Å². The molecular weight excluding hydrogens is 520 g/mol. The number of halogens is 1. The highest BCUT2D eigenvalue weighted by molar-refractivity contribution is 9.10. The fraction of sp³-hybridized carbons (Fsp3) is 0.240. The number of carbonyl (C=O) groups is 1. The monoisotopic (exact) mass is 546 g/mol. The van der Waals surface area contributed by atoms with E-state index >= 15 is 0 Å². The van der Waals surface area contributed by atoms with Gasteiger partial charge in [0.1, 0.15) is 11.5 Å². The van der Waals surface area contributed by atoms with Crippen molar-refractivity contribution in [3.63, 3.8) is 0 Å². The third-order valence-electron chi connectivity index (χ3n) is 5.24. The van der Waals surface area contributed by atoms with Gasteiger partial charge >= 0.3 is 0 Å². The van der Waals surface area contributed by atoms with Gasteiger partial charge in [0.15, 0.2) is 0 Å². The van der Waals surface area contributed by atoms with Crippen LogP contribution in [0.25, 0.3) is 0 Å². The van der Waals surface area contributed by atoms with Crippen LogP contribution in [0, 0.1) is 6.92 Å². The van der Waals surface area contributed by atoms with Crippen LogP contribution >= 0.6 is 15.9 Å². The average molecular weight is 547 g/mol. The predicted molar refractivity (Wildman–Crippen MR) is 134 cm³/mol. The molecule has 0 heterocycles. The van der Waals surface area contributed by atoms with Crippen molar-refractivity contribution in [3.05, 3.63) is 87.9 Å². The Morgan fingerprint density at radius 1 is 0.941 bits per heavy atom. The number of methoxy groups -OCH3 is 2. The van der Waals surface area contributed by atoms with Crippen LogP contribution in [-0.2, 0) is 27.9 Å². The summed E-state index contributed by atoms with van der Waals surface area (Å²) in [6.45, 7) is 1.80. The normalized spacial score (nSPS) is 11.3. The van der Waals surface area contributed by atoms with E-state index < -0.39 is 15.9 Å². The number of nitrogens with one attached hydrogen (secondary N) is 1. The largest absolute Gasteiger partial charge is 0.496 e. The standard InChI is InChI=1S/C25H27BrN2O5S/c1-18-7-9-19(10-8-18)16-28(34(30,31)21-13-11-20(26)12-14-21)17-25(29)27-15-22-23(32-2)5-4-6-24(22)33-3/h4-14H,15-17H2,1-3H3,(H,27,29). The zero-order chi connectivity index (χ0) is 24.7. The lowest BCUT2D eigenvalue weighted by Crippen LogP contribution is -2.40. The lowest BCUT2D eigenvalue weighted by atomic mass is 10.1. The van der Waals surface area contributed by atoms with Crippen molar-refractivity contribution in [3.8, 4) is 11.5 Å². The van der Waals surface area contributed by atoms with E-state index in [1.54, 1.807) is 30.3 Å². The Hall–Kier alpha value is -2.88. The minimum atomic E-state index is -3.93. The molecule has 0 radical (unpaired) electrons. The highest BCUT2D eigenvalue weighted by Crippen LogP contribution is 2.28. The van der Waals surface area contributed by atoms with Crippen LogP contribution in [-0.4, -0.2) is 39.4 Å². The van der Waals surface area contributed by atoms with Gasteiger partial charge in [-0.2, -0.15) is 4.31 Å². The Morgan fingerprint density at radius 3 is 2.09 bits per heavy atom. The Balaban J connectivity index is 1.83. The van der Waals surface area contributed by atoms with Crippen molar-refractivity contribution >= 4 is 31.9 Å². The molecule has 0 aliphatic rings. The maximum absolute atomic E-state index is 13.4. The Kier molecular flexibility index (Phi) is 8.71. The van der Waals surface area contributed by atoms with E-state index in [0.717, 1.165) is 15.6 Å². The van der Waals surface area contributed by atoms with E-state index in [1.165, 1.54) is 30.7 Å². The van der Waals surface area contributed by atoms with E-state index in [9.17, 15) is 13.2 Å². The molecule has 180 valence electrons. The molecule has 0 atom stereocenters. The smallest absolute Gasteiger partial charge is 0.243 e. The van der Waals surface area contributed by atoms with Crippen LogP contribution in [0.2, 0.25) is 0 Å². The number of ether oxygens (including phenoxy) is 2. The number of nitrogens with zero attached hydrogens (tertiary/aromatic N) is 1. The lowest BCUT2D eigenvalue weighted by Gasteiger charge is -2.22. The molecular formula is C25H27BrN2O5S.